The summed E-state index contributed by atoms with van der Waals surface area (Å²) in [5, 5.41) is 0. The number of morpholine rings is 1. The average Bonchev–Trinajstić information content (AvgIpc) is 2.27. The van der Waals surface area contributed by atoms with Gasteiger partial charge in [0.05, 0.1) is 13.2 Å². The smallest absolute Gasteiger partial charge is 0.0594 e. The van der Waals surface area contributed by atoms with Crippen LogP contribution in [0.15, 0.2) is 0 Å². The molecule has 0 spiro atoms. The summed E-state index contributed by atoms with van der Waals surface area (Å²) < 4.78 is 10.1. The van der Waals surface area contributed by atoms with E-state index < -0.39 is 0 Å². The molecule has 0 bridgehead atoms. The first-order valence-electron chi connectivity index (χ1n) is 6.85. The molecule has 0 aromatic heterocycles. The van der Waals surface area contributed by atoms with Crippen molar-refractivity contribution in [1.29, 1.82) is 0 Å². The molecule has 0 N–H and O–H groups in total. The summed E-state index contributed by atoms with van der Waals surface area (Å²) in [6, 6.07) is 0. The average molecular weight is 245 g/mol. The van der Waals surface area contributed by atoms with Crippen molar-refractivity contribution in [3.05, 3.63) is 0 Å². The Labute approximate surface area is 107 Å². The zero-order chi connectivity index (χ0) is 13.1. The highest BCUT2D eigenvalue weighted by Gasteiger charge is 2.10. The molecule has 3 nitrogen and oxygen atoms in total. The maximum Gasteiger partial charge on any atom is 0.0594 e. The molecule has 0 amide bonds. The van der Waals surface area contributed by atoms with Crippen molar-refractivity contribution >= 4 is 0 Å². The maximum atomic E-state index is 5.24. The summed E-state index contributed by atoms with van der Waals surface area (Å²) in [5.41, 5.74) is 0. The van der Waals surface area contributed by atoms with E-state index in [1.807, 2.05) is 0 Å². The summed E-state index contributed by atoms with van der Waals surface area (Å²) >= 11 is 0. The number of hydrogen-bond donors (Lipinski definition) is 0. The Hall–Kier alpha value is -0.120. The van der Waals surface area contributed by atoms with E-state index in [1.165, 1.54) is 13.0 Å². The molecular formula is C14H31NO2. The normalized spacial score (nSPS) is 17.1. The van der Waals surface area contributed by atoms with Crippen molar-refractivity contribution in [2.45, 2.75) is 34.1 Å². The van der Waals surface area contributed by atoms with Crippen LogP contribution < -0.4 is 0 Å². The highest BCUT2D eigenvalue weighted by Crippen LogP contribution is 2.01. The molecule has 0 atom stereocenters. The lowest BCUT2D eigenvalue weighted by atomic mass is 10.1. The molecule has 0 unspecified atom stereocenters. The van der Waals surface area contributed by atoms with Crippen LogP contribution in [-0.2, 0) is 9.47 Å². The van der Waals surface area contributed by atoms with Crippen LogP contribution in [0.25, 0.3) is 0 Å². The number of nitrogens with zero attached hydrogens (tertiary/aromatic N) is 1. The first kappa shape index (κ1) is 16.9. The minimum atomic E-state index is 0.778. The van der Waals surface area contributed by atoms with Crippen LogP contribution in [0.1, 0.15) is 34.1 Å². The first-order valence-corrected chi connectivity index (χ1v) is 6.85. The summed E-state index contributed by atoms with van der Waals surface area (Å²) in [6.45, 7) is 15.1. The van der Waals surface area contributed by atoms with Crippen molar-refractivity contribution < 1.29 is 9.47 Å². The lowest BCUT2D eigenvalue weighted by Crippen LogP contribution is -2.38. The molecule has 104 valence electrons. The van der Waals surface area contributed by atoms with E-state index in [1.54, 1.807) is 7.11 Å². The summed E-state index contributed by atoms with van der Waals surface area (Å²) in [5.74, 6) is 1.57. The molecule has 1 aliphatic rings. The van der Waals surface area contributed by atoms with Crippen LogP contribution in [0, 0.1) is 11.8 Å². The molecule has 1 aliphatic heterocycles. The van der Waals surface area contributed by atoms with Gasteiger partial charge in [-0.2, -0.15) is 0 Å². The number of ether oxygens (including phenoxy) is 2. The molecule has 3 heteroatoms. The van der Waals surface area contributed by atoms with Crippen LogP contribution >= 0.6 is 0 Å². The second kappa shape index (κ2) is 11.0. The van der Waals surface area contributed by atoms with Crippen LogP contribution in [0.3, 0.4) is 0 Å². The van der Waals surface area contributed by atoms with Gasteiger partial charge in [-0.3, -0.25) is 4.90 Å². The van der Waals surface area contributed by atoms with Crippen molar-refractivity contribution in [3.8, 4) is 0 Å². The van der Waals surface area contributed by atoms with E-state index in [4.69, 9.17) is 9.47 Å². The monoisotopic (exact) mass is 245 g/mol. The zero-order valence-electron chi connectivity index (χ0n) is 12.4. The number of methoxy groups -OCH3 is 1. The predicted octanol–water partition coefficient (Wildman–Crippen LogP) is 2.65. The standard InChI is InChI=1S/C8H17NO.C6H14O/c1-8(2)7-9-3-5-10-6-4-9;1-6(2)4-5-7-3/h8H,3-7H2,1-2H3;6H,4-5H2,1-3H3. The Bertz CT molecular complexity index is 154. The van der Waals surface area contributed by atoms with E-state index in [9.17, 15) is 0 Å². The van der Waals surface area contributed by atoms with Crippen molar-refractivity contribution in [3.63, 3.8) is 0 Å². The molecule has 1 fully saturated rings. The second-order valence-corrected chi connectivity index (χ2v) is 5.48. The van der Waals surface area contributed by atoms with Gasteiger partial charge in [0.25, 0.3) is 0 Å². The molecule has 17 heavy (non-hydrogen) atoms. The van der Waals surface area contributed by atoms with Gasteiger partial charge in [-0.05, 0) is 18.3 Å². The minimum absolute atomic E-state index is 0.778. The summed E-state index contributed by atoms with van der Waals surface area (Å²) in [6.07, 6.45) is 1.18. The van der Waals surface area contributed by atoms with Gasteiger partial charge in [0.15, 0.2) is 0 Å². The fourth-order valence-corrected chi connectivity index (χ4v) is 1.65. The topological polar surface area (TPSA) is 21.7 Å². The van der Waals surface area contributed by atoms with E-state index in [0.717, 1.165) is 44.7 Å². The second-order valence-electron chi connectivity index (χ2n) is 5.48. The van der Waals surface area contributed by atoms with Crippen molar-refractivity contribution in [2.75, 3.05) is 46.6 Å². The predicted molar refractivity (Wildman–Crippen MR) is 73.4 cm³/mol. The van der Waals surface area contributed by atoms with Crippen molar-refractivity contribution in [1.82, 2.24) is 4.90 Å². The van der Waals surface area contributed by atoms with Gasteiger partial charge in [-0.15, -0.1) is 0 Å². The molecule has 0 aliphatic carbocycles. The van der Waals surface area contributed by atoms with E-state index in [0.29, 0.717) is 0 Å². The number of rotatable bonds is 5. The third-order valence-corrected chi connectivity index (χ3v) is 2.63. The van der Waals surface area contributed by atoms with Crippen LogP contribution in [-0.4, -0.2) is 51.5 Å². The van der Waals surface area contributed by atoms with Gasteiger partial charge in [-0.25, -0.2) is 0 Å². The van der Waals surface area contributed by atoms with Crippen LogP contribution in [0.4, 0.5) is 0 Å². The lowest BCUT2D eigenvalue weighted by Gasteiger charge is -2.27. The van der Waals surface area contributed by atoms with Gasteiger partial charge in [0, 0.05) is 33.4 Å². The molecule has 1 heterocycles. The minimum Gasteiger partial charge on any atom is -0.385 e. The Morgan fingerprint density at radius 1 is 1.06 bits per heavy atom. The zero-order valence-corrected chi connectivity index (χ0v) is 12.4. The van der Waals surface area contributed by atoms with Crippen LogP contribution in [0.2, 0.25) is 0 Å². The van der Waals surface area contributed by atoms with Gasteiger partial charge >= 0.3 is 0 Å². The Morgan fingerprint density at radius 2 is 1.65 bits per heavy atom. The maximum absolute atomic E-state index is 5.24. The molecule has 0 radical (unpaired) electrons. The van der Waals surface area contributed by atoms with E-state index in [2.05, 4.69) is 32.6 Å². The molecule has 1 saturated heterocycles. The van der Waals surface area contributed by atoms with Gasteiger partial charge in [-0.1, -0.05) is 27.7 Å². The highest BCUT2D eigenvalue weighted by atomic mass is 16.5. The molecule has 1 rings (SSSR count). The third kappa shape index (κ3) is 12.1. The van der Waals surface area contributed by atoms with E-state index in [-0.39, 0.29) is 0 Å². The van der Waals surface area contributed by atoms with Gasteiger partial charge in [0.1, 0.15) is 0 Å². The third-order valence-electron chi connectivity index (χ3n) is 2.63. The van der Waals surface area contributed by atoms with Crippen molar-refractivity contribution in [2.24, 2.45) is 11.8 Å². The molecular weight excluding hydrogens is 214 g/mol. The summed E-state index contributed by atoms with van der Waals surface area (Å²) in [7, 11) is 1.74. The quantitative estimate of drug-likeness (QED) is 0.743. The van der Waals surface area contributed by atoms with Gasteiger partial charge < -0.3 is 9.47 Å². The fourth-order valence-electron chi connectivity index (χ4n) is 1.65. The Morgan fingerprint density at radius 3 is 2.00 bits per heavy atom. The number of hydrogen-bond acceptors (Lipinski definition) is 3. The molecule has 0 saturated carbocycles. The Balaban J connectivity index is 0.000000325. The van der Waals surface area contributed by atoms with Crippen LogP contribution in [0.5, 0.6) is 0 Å². The van der Waals surface area contributed by atoms with E-state index >= 15 is 0 Å². The fraction of sp³-hybridized carbons (Fsp3) is 1.00. The SMILES string of the molecule is CC(C)CN1CCOCC1.COCCC(C)C. The summed E-state index contributed by atoms with van der Waals surface area (Å²) in [4.78, 5) is 2.47. The Kier molecular flexibility index (Phi) is 10.9. The molecule has 0 aromatic carbocycles. The lowest BCUT2D eigenvalue weighted by molar-refractivity contribution is 0.0329. The first-order chi connectivity index (χ1) is 8.06. The largest absolute Gasteiger partial charge is 0.385 e. The highest BCUT2D eigenvalue weighted by molar-refractivity contribution is 4.62. The van der Waals surface area contributed by atoms with Gasteiger partial charge in [0.2, 0.25) is 0 Å². The molecule has 0 aromatic rings.